The lowest BCUT2D eigenvalue weighted by Gasteiger charge is -2.20. The van der Waals surface area contributed by atoms with Crippen molar-refractivity contribution in [1.29, 1.82) is 0 Å². The van der Waals surface area contributed by atoms with E-state index in [0.717, 1.165) is 32.1 Å². The van der Waals surface area contributed by atoms with Gasteiger partial charge in [0.25, 0.3) is 0 Å². The van der Waals surface area contributed by atoms with Gasteiger partial charge in [-0.05, 0) is 51.4 Å². The third-order valence-corrected chi connectivity index (χ3v) is 4.32. The van der Waals surface area contributed by atoms with Crippen molar-refractivity contribution in [2.24, 2.45) is 10.9 Å². The first-order chi connectivity index (χ1) is 11.0. The summed E-state index contributed by atoms with van der Waals surface area (Å²) < 4.78 is 5.29. The Bertz CT molecular complexity index is 485. The van der Waals surface area contributed by atoms with Gasteiger partial charge in [0.1, 0.15) is 11.4 Å². The van der Waals surface area contributed by atoms with E-state index in [0.29, 0.717) is 11.7 Å². The fourth-order valence-electron chi connectivity index (χ4n) is 2.85. The molecule has 0 saturated carbocycles. The first kappa shape index (κ1) is 17.8. The second-order valence-electron chi connectivity index (χ2n) is 6.38. The molecule has 0 aromatic carbocycles. The predicted molar refractivity (Wildman–Crippen MR) is 92.5 cm³/mol. The number of hydrogen-bond donors (Lipinski definition) is 3. The molecule has 0 spiro atoms. The van der Waals surface area contributed by atoms with Crippen LogP contribution >= 0.6 is 0 Å². The first-order valence-corrected chi connectivity index (χ1v) is 8.56. The highest BCUT2D eigenvalue weighted by Crippen LogP contribution is 2.21. The Morgan fingerprint density at radius 3 is 2.91 bits per heavy atom. The number of aliphatic hydroxyl groups is 1. The minimum atomic E-state index is -1.10. The van der Waals surface area contributed by atoms with Gasteiger partial charge < -0.3 is 25.1 Å². The highest BCUT2D eigenvalue weighted by atomic mass is 16.4. The maximum atomic E-state index is 10.5. The summed E-state index contributed by atoms with van der Waals surface area (Å²) in [5, 5.41) is 17.1. The number of guanidine groups is 1. The standard InChI is InChI=1S/C17H30N4O2/c1-4-18-16(19-11-14-8-9-21(5-2)12-14)20-13-17(3,22)15-7-6-10-23-15/h6-7,10,14,22H,4-5,8-9,11-13H2,1-3H3,(H2,18,19,20). The Morgan fingerprint density at radius 1 is 1.48 bits per heavy atom. The van der Waals surface area contributed by atoms with Crippen LogP contribution in [-0.4, -0.2) is 55.2 Å². The van der Waals surface area contributed by atoms with Crippen LogP contribution < -0.4 is 10.6 Å². The van der Waals surface area contributed by atoms with Crippen molar-refractivity contribution in [2.45, 2.75) is 32.8 Å². The Hall–Kier alpha value is -1.53. The number of likely N-dealkylation sites (tertiary alicyclic amines) is 1. The maximum Gasteiger partial charge on any atom is 0.191 e. The number of nitrogens with one attached hydrogen (secondary N) is 2. The number of aliphatic imine (C=N–C) groups is 1. The van der Waals surface area contributed by atoms with E-state index < -0.39 is 5.60 Å². The molecule has 1 aromatic rings. The zero-order chi connectivity index (χ0) is 16.7. The van der Waals surface area contributed by atoms with Crippen LogP contribution in [-0.2, 0) is 5.60 Å². The molecule has 1 aliphatic rings. The van der Waals surface area contributed by atoms with Crippen molar-refractivity contribution in [2.75, 3.05) is 39.3 Å². The van der Waals surface area contributed by atoms with E-state index in [9.17, 15) is 5.11 Å². The fraction of sp³-hybridized carbons (Fsp3) is 0.706. The van der Waals surface area contributed by atoms with Gasteiger partial charge in [0, 0.05) is 19.6 Å². The average Bonchev–Trinajstić information content (AvgIpc) is 3.21. The summed E-state index contributed by atoms with van der Waals surface area (Å²) in [5.74, 6) is 1.94. The lowest BCUT2D eigenvalue weighted by Crippen LogP contribution is -2.41. The monoisotopic (exact) mass is 322 g/mol. The van der Waals surface area contributed by atoms with Crippen LogP contribution in [0.15, 0.2) is 27.8 Å². The molecule has 6 nitrogen and oxygen atoms in total. The van der Waals surface area contributed by atoms with E-state index in [2.05, 4.69) is 27.4 Å². The van der Waals surface area contributed by atoms with Crippen LogP contribution in [0.2, 0.25) is 0 Å². The van der Waals surface area contributed by atoms with Gasteiger partial charge in [-0.2, -0.15) is 0 Å². The van der Waals surface area contributed by atoms with Crippen LogP contribution in [0.3, 0.4) is 0 Å². The smallest absolute Gasteiger partial charge is 0.191 e. The summed E-state index contributed by atoms with van der Waals surface area (Å²) in [6, 6.07) is 3.55. The summed E-state index contributed by atoms with van der Waals surface area (Å²) >= 11 is 0. The van der Waals surface area contributed by atoms with Crippen molar-refractivity contribution < 1.29 is 9.52 Å². The number of hydrogen-bond acceptors (Lipinski definition) is 4. The van der Waals surface area contributed by atoms with Gasteiger partial charge in [0.05, 0.1) is 12.8 Å². The molecule has 130 valence electrons. The van der Waals surface area contributed by atoms with Gasteiger partial charge in [-0.15, -0.1) is 0 Å². The molecule has 0 radical (unpaired) electrons. The summed E-state index contributed by atoms with van der Waals surface area (Å²) in [4.78, 5) is 6.98. The van der Waals surface area contributed by atoms with Gasteiger partial charge >= 0.3 is 0 Å². The molecule has 1 saturated heterocycles. The van der Waals surface area contributed by atoms with Gasteiger partial charge in [0.15, 0.2) is 5.96 Å². The minimum Gasteiger partial charge on any atom is -0.466 e. The molecule has 1 aromatic heterocycles. The third kappa shape index (κ3) is 5.25. The highest BCUT2D eigenvalue weighted by Gasteiger charge is 2.26. The molecule has 2 heterocycles. The number of rotatable bonds is 7. The van der Waals surface area contributed by atoms with Crippen LogP contribution in [0.25, 0.3) is 0 Å². The van der Waals surface area contributed by atoms with Gasteiger partial charge in [0.2, 0.25) is 0 Å². The Balaban J connectivity index is 1.87. The molecule has 1 aliphatic heterocycles. The quantitative estimate of drug-likeness (QED) is 0.522. The molecule has 6 heteroatoms. The molecule has 0 aliphatic carbocycles. The van der Waals surface area contributed by atoms with Crippen molar-refractivity contribution in [3.63, 3.8) is 0 Å². The van der Waals surface area contributed by atoms with Crippen molar-refractivity contribution in [1.82, 2.24) is 15.5 Å². The van der Waals surface area contributed by atoms with Gasteiger partial charge in [-0.25, -0.2) is 4.99 Å². The van der Waals surface area contributed by atoms with Crippen LogP contribution in [0.5, 0.6) is 0 Å². The van der Waals surface area contributed by atoms with Crippen LogP contribution in [0.1, 0.15) is 33.0 Å². The second-order valence-corrected chi connectivity index (χ2v) is 6.38. The molecule has 23 heavy (non-hydrogen) atoms. The lowest BCUT2D eigenvalue weighted by atomic mass is 10.0. The molecule has 1 fully saturated rings. The second kappa shape index (κ2) is 8.36. The van der Waals surface area contributed by atoms with Crippen molar-refractivity contribution >= 4 is 5.96 Å². The van der Waals surface area contributed by atoms with Crippen LogP contribution in [0.4, 0.5) is 0 Å². The van der Waals surface area contributed by atoms with Gasteiger partial charge in [-0.1, -0.05) is 6.92 Å². The summed E-state index contributed by atoms with van der Waals surface area (Å²) in [6.07, 6.45) is 2.79. The van der Waals surface area contributed by atoms with Crippen molar-refractivity contribution in [3.8, 4) is 0 Å². The summed E-state index contributed by atoms with van der Waals surface area (Å²) in [5.41, 5.74) is -1.10. The maximum absolute atomic E-state index is 10.5. The van der Waals surface area contributed by atoms with Gasteiger partial charge in [-0.3, -0.25) is 0 Å². The summed E-state index contributed by atoms with van der Waals surface area (Å²) in [6.45, 7) is 11.4. The minimum absolute atomic E-state index is 0.252. The molecule has 3 N–H and O–H groups in total. The molecule has 0 amide bonds. The Morgan fingerprint density at radius 2 is 2.30 bits per heavy atom. The Labute approximate surface area is 139 Å². The SMILES string of the molecule is CCNC(=NCC(C)(O)c1ccco1)NCC1CCN(CC)C1. The molecule has 2 atom stereocenters. The van der Waals surface area contributed by atoms with E-state index in [1.807, 2.05) is 6.92 Å². The average molecular weight is 322 g/mol. The van der Waals surface area contributed by atoms with E-state index in [1.54, 1.807) is 25.3 Å². The van der Waals surface area contributed by atoms with Crippen molar-refractivity contribution in [3.05, 3.63) is 24.2 Å². The van der Waals surface area contributed by atoms with E-state index in [1.165, 1.54) is 13.0 Å². The highest BCUT2D eigenvalue weighted by molar-refractivity contribution is 5.79. The number of nitrogens with zero attached hydrogens (tertiary/aromatic N) is 2. The summed E-state index contributed by atoms with van der Waals surface area (Å²) in [7, 11) is 0. The predicted octanol–water partition coefficient (Wildman–Crippen LogP) is 1.38. The lowest BCUT2D eigenvalue weighted by molar-refractivity contribution is 0.0437. The number of furan rings is 1. The Kier molecular flexibility index (Phi) is 6.47. The van der Waals surface area contributed by atoms with E-state index in [4.69, 9.17) is 4.42 Å². The molecular formula is C17H30N4O2. The zero-order valence-corrected chi connectivity index (χ0v) is 14.5. The molecule has 2 rings (SSSR count). The molecule has 2 unspecified atom stereocenters. The molecular weight excluding hydrogens is 292 g/mol. The van der Waals surface area contributed by atoms with E-state index >= 15 is 0 Å². The largest absolute Gasteiger partial charge is 0.466 e. The fourth-order valence-corrected chi connectivity index (χ4v) is 2.85. The molecule has 0 bridgehead atoms. The normalized spacial score (nSPS) is 22.1. The van der Waals surface area contributed by atoms with Crippen LogP contribution in [0, 0.1) is 5.92 Å². The van der Waals surface area contributed by atoms with E-state index in [-0.39, 0.29) is 6.54 Å². The first-order valence-electron chi connectivity index (χ1n) is 8.56. The topological polar surface area (TPSA) is 73.0 Å². The zero-order valence-electron chi connectivity index (χ0n) is 14.5. The third-order valence-electron chi connectivity index (χ3n) is 4.32.